The minimum atomic E-state index is 0.361. The van der Waals surface area contributed by atoms with Crippen LogP contribution in [0.3, 0.4) is 0 Å². The largest absolute Gasteiger partial charge is 0.493 e. The van der Waals surface area contributed by atoms with Gasteiger partial charge in [0.1, 0.15) is 5.75 Å². The Morgan fingerprint density at radius 3 is 2.52 bits per heavy atom. The number of ether oxygens (including phenoxy) is 2. The van der Waals surface area contributed by atoms with Gasteiger partial charge in [0.05, 0.1) is 18.8 Å². The van der Waals surface area contributed by atoms with Crippen molar-refractivity contribution < 1.29 is 9.47 Å². The lowest BCUT2D eigenvalue weighted by Gasteiger charge is -2.35. The summed E-state index contributed by atoms with van der Waals surface area (Å²) in [6.45, 7) is 12.6. The third-order valence-corrected chi connectivity index (χ3v) is 3.95. The summed E-state index contributed by atoms with van der Waals surface area (Å²) in [6, 6.07) is 6.36. The molecule has 0 unspecified atom stereocenters. The van der Waals surface area contributed by atoms with E-state index >= 15 is 0 Å². The van der Waals surface area contributed by atoms with Gasteiger partial charge in [-0.15, -0.1) is 0 Å². The molecule has 1 saturated heterocycles. The predicted octanol–water partition coefficient (Wildman–Crippen LogP) is 3.57. The molecule has 0 N–H and O–H groups in total. The maximum absolute atomic E-state index is 5.88. The van der Waals surface area contributed by atoms with Crippen LogP contribution in [0.4, 0.5) is 0 Å². The van der Waals surface area contributed by atoms with Crippen molar-refractivity contribution in [3.63, 3.8) is 0 Å². The van der Waals surface area contributed by atoms with Crippen LogP contribution in [0.25, 0.3) is 0 Å². The van der Waals surface area contributed by atoms with E-state index < -0.39 is 0 Å². The summed E-state index contributed by atoms with van der Waals surface area (Å²) in [5, 5.41) is 0. The highest BCUT2D eigenvalue weighted by molar-refractivity contribution is 5.35. The maximum Gasteiger partial charge on any atom is 0.122 e. The van der Waals surface area contributed by atoms with E-state index in [1.165, 1.54) is 17.5 Å². The number of nitrogens with zero attached hydrogens (tertiary/aromatic N) is 1. The number of aryl methyl sites for hydroxylation is 2. The van der Waals surface area contributed by atoms with Crippen molar-refractivity contribution in [2.45, 2.75) is 52.7 Å². The molecule has 1 aliphatic heterocycles. The Bertz CT molecular complexity index is 437. The number of rotatable bonds is 6. The molecule has 0 radical (unpaired) electrons. The summed E-state index contributed by atoms with van der Waals surface area (Å²) in [5.41, 5.74) is 2.52. The fraction of sp³-hybridized carbons (Fsp3) is 0.667. The molecular weight excluding hydrogens is 262 g/mol. The van der Waals surface area contributed by atoms with Crippen molar-refractivity contribution in [3.05, 3.63) is 29.3 Å². The second kappa shape index (κ2) is 7.81. The zero-order valence-corrected chi connectivity index (χ0v) is 13.9. The summed E-state index contributed by atoms with van der Waals surface area (Å²) in [6.07, 6.45) is 3.01. The van der Waals surface area contributed by atoms with Crippen LogP contribution in [0.15, 0.2) is 18.2 Å². The lowest BCUT2D eigenvalue weighted by Crippen LogP contribution is -2.45. The molecule has 3 heteroatoms. The summed E-state index contributed by atoms with van der Waals surface area (Å²) >= 11 is 0. The van der Waals surface area contributed by atoms with Crippen LogP contribution in [0, 0.1) is 13.8 Å². The van der Waals surface area contributed by atoms with E-state index in [-0.39, 0.29) is 0 Å². The van der Waals surface area contributed by atoms with Crippen molar-refractivity contribution in [2.24, 2.45) is 0 Å². The van der Waals surface area contributed by atoms with Crippen LogP contribution >= 0.6 is 0 Å². The molecule has 1 aliphatic rings. The predicted molar refractivity (Wildman–Crippen MR) is 87.1 cm³/mol. The lowest BCUT2D eigenvalue weighted by molar-refractivity contribution is -0.0682. The van der Waals surface area contributed by atoms with Crippen molar-refractivity contribution >= 4 is 0 Å². The molecule has 118 valence electrons. The third-order valence-electron chi connectivity index (χ3n) is 3.95. The average Bonchev–Trinajstić information content (AvgIpc) is 2.39. The molecule has 0 aromatic heterocycles. The van der Waals surface area contributed by atoms with Gasteiger partial charge in [0.2, 0.25) is 0 Å². The normalized spacial score (nSPS) is 23.2. The maximum atomic E-state index is 5.88. The quantitative estimate of drug-likeness (QED) is 0.748. The Balaban J connectivity index is 1.63. The van der Waals surface area contributed by atoms with Crippen molar-refractivity contribution in [2.75, 3.05) is 26.2 Å². The Labute approximate surface area is 129 Å². The Hall–Kier alpha value is -1.06. The second-order valence-corrected chi connectivity index (χ2v) is 6.34. The van der Waals surface area contributed by atoms with Gasteiger partial charge in [0, 0.05) is 13.1 Å². The van der Waals surface area contributed by atoms with Gasteiger partial charge in [-0.05, 0) is 58.7 Å². The molecule has 1 aromatic carbocycles. The topological polar surface area (TPSA) is 21.7 Å². The minimum Gasteiger partial charge on any atom is -0.493 e. The van der Waals surface area contributed by atoms with Crippen LogP contribution in [0.2, 0.25) is 0 Å². The zero-order valence-electron chi connectivity index (χ0n) is 13.9. The fourth-order valence-electron chi connectivity index (χ4n) is 3.05. The monoisotopic (exact) mass is 291 g/mol. The van der Waals surface area contributed by atoms with Crippen LogP contribution in [0.1, 0.15) is 37.8 Å². The third kappa shape index (κ3) is 5.33. The molecule has 0 saturated carbocycles. The van der Waals surface area contributed by atoms with Gasteiger partial charge in [0.15, 0.2) is 0 Å². The summed E-state index contributed by atoms with van der Waals surface area (Å²) in [5.74, 6) is 1.02. The van der Waals surface area contributed by atoms with E-state index in [0.29, 0.717) is 12.2 Å². The molecule has 0 aliphatic carbocycles. The van der Waals surface area contributed by atoms with Gasteiger partial charge in [0.25, 0.3) is 0 Å². The molecule has 2 atom stereocenters. The molecule has 2 rings (SSSR count). The average molecular weight is 291 g/mol. The molecular formula is C18H29NO2. The molecule has 21 heavy (non-hydrogen) atoms. The number of morpholine rings is 1. The highest BCUT2D eigenvalue weighted by Gasteiger charge is 2.21. The zero-order chi connectivity index (χ0) is 15.2. The van der Waals surface area contributed by atoms with Crippen molar-refractivity contribution in [1.82, 2.24) is 4.90 Å². The van der Waals surface area contributed by atoms with Gasteiger partial charge in [-0.25, -0.2) is 0 Å². The molecule has 0 spiro atoms. The van der Waals surface area contributed by atoms with Crippen LogP contribution in [0.5, 0.6) is 5.75 Å². The first-order valence-electron chi connectivity index (χ1n) is 8.12. The van der Waals surface area contributed by atoms with E-state index in [1.54, 1.807) is 0 Å². The van der Waals surface area contributed by atoms with Gasteiger partial charge < -0.3 is 9.47 Å². The summed E-state index contributed by atoms with van der Waals surface area (Å²) < 4.78 is 11.6. The van der Waals surface area contributed by atoms with E-state index in [9.17, 15) is 0 Å². The van der Waals surface area contributed by atoms with E-state index in [1.807, 2.05) is 0 Å². The number of hydrogen-bond acceptors (Lipinski definition) is 3. The number of hydrogen-bond donors (Lipinski definition) is 0. The van der Waals surface area contributed by atoms with Crippen LogP contribution < -0.4 is 4.74 Å². The SMILES string of the molecule is Cc1ccc(OCCCCN2C[C@@H](C)O[C@@H](C)C2)c(C)c1. The first kappa shape index (κ1) is 16.3. The molecule has 3 nitrogen and oxygen atoms in total. The molecule has 0 bridgehead atoms. The van der Waals surface area contributed by atoms with Gasteiger partial charge in [-0.1, -0.05) is 17.7 Å². The molecule has 1 fully saturated rings. The van der Waals surface area contributed by atoms with E-state index in [0.717, 1.165) is 38.4 Å². The van der Waals surface area contributed by atoms with Crippen molar-refractivity contribution in [1.29, 1.82) is 0 Å². The van der Waals surface area contributed by atoms with Crippen LogP contribution in [-0.4, -0.2) is 43.3 Å². The Morgan fingerprint density at radius 2 is 1.86 bits per heavy atom. The second-order valence-electron chi connectivity index (χ2n) is 6.34. The Morgan fingerprint density at radius 1 is 1.14 bits per heavy atom. The lowest BCUT2D eigenvalue weighted by atomic mass is 10.1. The highest BCUT2D eigenvalue weighted by Crippen LogP contribution is 2.19. The molecule has 1 heterocycles. The summed E-state index contributed by atoms with van der Waals surface area (Å²) in [7, 11) is 0. The smallest absolute Gasteiger partial charge is 0.122 e. The Kier molecular flexibility index (Phi) is 6.07. The van der Waals surface area contributed by atoms with Gasteiger partial charge >= 0.3 is 0 Å². The van der Waals surface area contributed by atoms with Gasteiger partial charge in [-0.3, -0.25) is 4.90 Å². The standard InChI is InChI=1S/C18H29NO2/c1-14-7-8-18(15(2)11-14)20-10-6-5-9-19-12-16(3)21-17(4)13-19/h7-8,11,16-17H,5-6,9-10,12-13H2,1-4H3/t16-,17+. The van der Waals surface area contributed by atoms with Gasteiger partial charge in [-0.2, -0.15) is 0 Å². The number of benzene rings is 1. The van der Waals surface area contributed by atoms with E-state index in [4.69, 9.17) is 9.47 Å². The highest BCUT2D eigenvalue weighted by atomic mass is 16.5. The fourth-order valence-corrected chi connectivity index (χ4v) is 3.05. The van der Waals surface area contributed by atoms with E-state index in [2.05, 4.69) is 50.8 Å². The first-order chi connectivity index (χ1) is 10.0. The first-order valence-corrected chi connectivity index (χ1v) is 8.12. The number of unbranched alkanes of at least 4 members (excludes halogenated alkanes) is 1. The van der Waals surface area contributed by atoms with Crippen LogP contribution in [-0.2, 0) is 4.74 Å². The van der Waals surface area contributed by atoms with Crippen molar-refractivity contribution in [3.8, 4) is 5.75 Å². The molecule has 0 amide bonds. The minimum absolute atomic E-state index is 0.361. The summed E-state index contributed by atoms with van der Waals surface area (Å²) in [4.78, 5) is 2.51. The molecule has 1 aromatic rings.